The number of hydrogen-bond donors (Lipinski definition) is 1. The lowest BCUT2D eigenvalue weighted by atomic mass is 9.62. The predicted molar refractivity (Wildman–Crippen MR) is 101 cm³/mol. The van der Waals surface area contributed by atoms with Crippen LogP contribution in [0.2, 0.25) is 0 Å². The Balaban J connectivity index is 0.00000182. The topological polar surface area (TPSA) is 55.6 Å². The monoisotopic (exact) mass is 364 g/mol. The molecule has 1 aromatic carbocycles. The summed E-state index contributed by atoms with van der Waals surface area (Å²) in [4.78, 5) is 14.3. The number of rotatable bonds is 5. The molecule has 2 N–H and O–H groups in total. The number of nitrogens with two attached hydrogens (primary N) is 1. The van der Waals surface area contributed by atoms with Crippen LogP contribution in [-0.2, 0) is 10.3 Å². The van der Waals surface area contributed by atoms with Crippen molar-refractivity contribution in [1.82, 2.24) is 4.90 Å². The molecule has 0 radical (unpaired) electrons. The normalized spacial score (nSPS) is 32.0. The lowest BCUT2D eigenvalue weighted by Crippen LogP contribution is -2.59. The van der Waals surface area contributed by atoms with E-state index in [4.69, 9.17) is 10.5 Å². The molecule has 3 aliphatic rings. The van der Waals surface area contributed by atoms with Crippen LogP contribution in [0, 0.1) is 17.8 Å². The highest BCUT2D eigenvalue weighted by Gasteiger charge is 2.53. The largest absolute Gasteiger partial charge is 0.373 e. The number of piperidine rings is 1. The number of carbonyl (C=O) groups excluding carboxylic acids is 1. The van der Waals surface area contributed by atoms with Crippen LogP contribution in [0.1, 0.15) is 48.0 Å². The number of halogens is 1. The predicted octanol–water partition coefficient (Wildman–Crippen LogP) is 3.19. The summed E-state index contributed by atoms with van der Waals surface area (Å²) in [5.74, 6) is 1.56. The molecule has 2 atom stereocenters. The number of methoxy groups -OCH3 is 1. The van der Waals surface area contributed by atoms with Crippen molar-refractivity contribution < 1.29 is 9.53 Å². The van der Waals surface area contributed by atoms with Gasteiger partial charge in [-0.05, 0) is 49.3 Å². The quantitative estimate of drug-likeness (QED) is 0.872. The van der Waals surface area contributed by atoms with E-state index < -0.39 is 0 Å². The number of likely N-dealkylation sites (tertiary alicyclic amines) is 1. The minimum Gasteiger partial charge on any atom is -0.373 e. The highest BCUT2D eigenvalue weighted by molar-refractivity contribution is 5.92. The highest BCUT2D eigenvalue weighted by Crippen LogP contribution is 2.52. The molecule has 2 saturated carbocycles. The van der Waals surface area contributed by atoms with Crippen LogP contribution in [0.4, 0.5) is 0 Å². The van der Waals surface area contributed by atoms with E-state index in [1.54, 1.807) is 6.07 Å². The number of nitrogens with zero attached hydrogens (tertiary/aromatic N) is 1. The Bertz CT molecular complexity index is 618. The van der Waals surface area contributed by atoms with Crippen LogP contribution in [0.15, 0.2) is 24.3 Å². The molecular formula is C20H29ClN2O2. The molecular weight excluding hydrogens is 336 g/mol. The Hall–Kier alpha value is -1.10. The summed E-state index contributed by atoms with van der Waals surface area (Å²) in [5, 5.41) is 0. The van der Waals surface area contributed by atoms with Crippen molar-refractivity contribution in [3.05, 3.63) is 35.4 Å². The van der Waals surface area contributed by atoms with Gasteiger partial charge in [0, 0.05) is 44.1 Å². The van der Waals surface area contributed by atoms with E-state index in [2.05, 4.69) is 11.0 Å². The van der Waals surface area contributed by atoms with Crippen molar-refractivity contribution >= 4 is 18.3 Å². The second kappa shape index (κ2) is 7.26. The summed E-state index contributed by atoms with van der Waals surface area (Å²) in [7, 11) is 1.85. The van der Waals surface area contributed by atoms with Gasteiger partial charge in [0.25, 0.3) is 0 Å². The first kappa shape index (κ1) is 18.7. The smallest absolute Gasteiger partial charge is 0.248 e. The third-order valence-corrected chi connectivity index (χ3v) is 6.42. The Morgan fingerprint density at radius 1 is 1.24 bits per heavy atom. The van der Waals surface area contributed by atoms with Gasteiger partial charge in [-0.1, -0.05) is 18.6 Å². The van der Waals surface area contributed by atoms with E-state index in [-0.39, 0.29) is 23.9 Å². The first-order valence-corrected chi connectivity index (χ1v) is 9.31. The fraction of sp³-hybridized carbons (Fsp3) is 0.650. The van der Waals surface area contributed by atoms with Gasteiger partial charge in [0.2, 0.25) is 5.91 Å². The molecule has 4 rings (SSSR count). The Morgan fingerprint density at radius 3 is 2.48 bits per heavy atom. The fourth-order valence-electron chi connectivity index (χ4n) is 5.18. The van der Waals surface area contributed by atoms with Crippen LogP contribution in [0.3, 0.4) is 0 Å². The van der Waals surface area contributed by atoms with Gasteiger partial charge in [-0.2, -0.15) is 0 Å². The molecule has 0 spiro atoms. The molecule has 5 heteroatoms. The molecule has 3 fully saturated rings. The first-order chi connectivity index (χ1) is 11.6. The van der Waals surface area contributed by atoms with Crippen molar-refractivity contribution in [1.29, 1.82) is 0 Å². The second-order valence-electron chi connectivity index (χ2n) is 7.93. The zero-order valence-electron chi connectivity index (χ0n) is 14.9. The fourth-order valence-corrected chi connectivity index (χ4v) is 5.18. The van der Waals surface area contributed by atoms with Gasteiger partial charge >= 0.3 is 0 Å². The number of hydrogen-bond acceptors (Lipinski definition) is 3. The summed E-state index contributed by atoms with van der Waals surface area (Å²) >= 11 is 0. The molecule has 0 aromatic heterocycles. The van der Waals surface area contributed by atoms with Crippen molar-refractivity contribution in [2.24, 2.45) is 23.5 Å². The maximum absolute atomic E-state index is 11.6. The molecule has 2 unspecified atom stereocenters. The molecule has 4 nitrogen and oxygen atoms in total. The van der Waals surface area contributed by atoms with Crippen LogP contribution >= 0.6 is 12.4 Å². The maximum Gasteiger partial charge on any atom is 0.248 e. The van der Waals surface area contributed by atoms with Crippen molar-refractivity contribution in [3.8, 4) is 0 Å². The lowest BCUT2D eigenvalue weighted by molar-refractivity contribution is -0.169. The highest BCUT2D eigenvalue weighted by atomic mass is 35.5. The SMILES string of the molecule is COC1(c2cccc(C(N)=O)c2)C2CCCC1CN(CC1CC1)C2.Cl. The number of primary amides is 1. The molecule has 1 aliphatic heterocycles. The lowest BCUT2D eigenvalue weighted by Gasteiger charge is -2.55. The van der Waals surface area contributed by atoms with Crippen LogP contribution in [0.25, 0.3) is 0 Å². The number of amides is 1. The zero-order chi connectivity index (χ0) is 16.7. The van der Waals surface area contributed by atoms with E-state index in [1.165, 1.54) is 38.6 Å². The number of carbonyl (C=O) groups is 1. The standard InChI is InChI=1S/C20H28N2O2.ClH/c1-24-20(16-5-2-4-15(10-16)19(21)23)17-6-3-7-18(20)13-22(12-17)11-14-8-9-14;/h2,4-5,10,14,17-18H,3,6-9,11-13H2,1H3,(H2,21,23);1H. The summed E-state index contributed by atoms with van der Waals surface area (Å²) < 4.78 is 6.26. The number of benzene rings is 1. The summed E-state index contributed by atoms with van der Waals surface area (Å²) in [6.07, 6.45) is 6.50. The van der Waals surface area contributed by atoms with Crippen molar-refractivity contribution in [3.63, 3.8) is 0 Å². The van der Waals surface area contributed by atoms with Gasteiger partial charge in [0.05, 0.1) is 0 Å². The summed E-state index contributed by atoms with van der Waals surface area (Å²) in [6.45, 7) is 3.48. The maximum atomic E-state index is 11.6. The zero-order valence-corrected chi connectivity index (χ0v) is 15.8. The van der Waals surface area contributed by atoms with Gasteiger partial charge < -0.3 is 15.4 Å². The van der Waals surface area contributed by atoms with Gasteiger partial charge in [0.15, 0.2) is 0 Å². The third-order valence-electron chi connectivity index (χ3n) is 6.42. The summed E-state index contributed by atoms with van der Waals surface area (Å²) in [6, 6.07) is 7.83. The van der Waals surface area contributed by atoms with E-state index in [0.717, 1.165) is 24.6 Å². The Kier molecular flexibility index (Phi) is 5.42. The molecule has 138 valence electrons. The minimum atomic E-state index is -0.362. The molecule has 1 aromatic rings. The summed E-state index contributed by atoms with van der Waals surface area (Å²) in [5.41, 5.74) is 6.97. The van der Waals surface area contributed by atoms with Crippen LogP contribution in [0.5, 0.6) is 0 Å². The van der Waals surface area contributed by atoms with Gasteiger partial charge in [0.1, 0.15) is 5.60 Å². The van der Waals surface area contributed by atoms with Crippen LogP contribution in [-0.4, -0.2) is 37.6 Å². The molecule has 1 heterocycles. The average Bonchev–Trinajstić information content (AvgIpc) is 3.38. The van der Waals surface area contributed by atoms with E-state index in [1.807, 2.05) is 19.2 Å². The van der Waals surface area contributed by atoms with Gasteiger partial charge in [-0.15, -0.1) is 12.4 Å². The van der Waals surface area contributed by atoms with E-state index in [0.29, 0.717) is 17.4 Å². The van der Waals surface area contributed by atoms with E-state index >= 15 is 0 Å². The average molecular weight is 365 g/mol. The second-order valence-corrected chi connectivity index (χ2v) is 7.93. The molecule has 2 aliphatic carbocycles. The Morgan fingerprint density at radius 2 is 1.92 bits per heavy atom. The van der Waals surface area contributed by atoms with Crippen molar-refractivity contribution in [2.75, 3.05) is 26.7 Å². The Labute approximate surface area is 156 Å². The molecule has 1 amide bonds. The molecule has 25 heavy (non-hydrogen) atoms. The third kappa shape index (κ3) is 3.32. The molecule has 2 bridgehead atoms. The van der Waals surface area contributed by atoms with Crippen LogP contribution < -0.4 is 5.73 Å². The van der Waals surface area contributed by atoms with Crippen molar-refractivity contribution in [2.45, 2.75) is 37.7 Å². The van der Waals surface area contributed by atoms with Gasteiger partial charge in [-0.25, -0.2) is 0 Å². The molecule has 1 saturated heterocycles. The first-order valence-electron chi connectivity index (χ1n) is 9.31. The number of ether oxygens (including phenoxy) is 1. The van der Waals surface area contributed by atoms with Gasteiger partial charge in [-0.3, -0.25) is 4.79 Å². The minimum absolute atomic E-state index is 0. The van der Waals surface area contributed by atoms with E-state index in [9.17, 15) is 4.79 Å². The number of fused-ring (bicyclic) bond motifs is 2.